The molecule has 1 aliphatic carbocycles. The Kier molecular flexibility index (Phi) is 5.10. The van der Waals surface area contributed by atoms with Crippen molar-refractivity contribution in [3.05, 3.63) is 0 Å². The molecule has 98 valence electrons. The Balaban J connectivity index is 1.61. The van der Waals surface area contributed by atoms with E-state index in [2.05, 4.69) is 10.6 Å². The van der Waals surface area contributed by atoms with Gasteiger partial charge in [-0.3, -0.25) is 0 Å². The van der Waals surface area contributed by atoms with Gasteiger partial charge >= 0.3 is 6.03 Å². The molecule has 4 nitrogen and oxygen atoms in total. The van der Waals surface area contributed by atoms with Crippen LogP contribution in [0, 0.1) is 0 Å². The molecule has 0 radical (unpaired) electrons. The van der Waals surface area contributed by atoms with E-state index < -0.39 is 0 Å². The van der Waals surface area contributed by atoms with Gasteiger partial charge in [0.1, 0.15) is 0 Å². The Bertz CT molecular complexity index is 232. The summed E-state index contributed by atoms with van der Waals surface area (Å²) in [6, 6.07) is 0.356. The lowest BCUT2D eigenvalue weighted by Gasteiger charge is -2.18. The maximum absolute atomic E-state index is 11.7. The predicted molar refractivity (Wildman–Crippen MR) is 67.0 cm³/mol. The molecular weight excluding hydrogens is 216 g/mol. The van der Waals surface area contributed by atoms with Gasteiger partial charge in [-0.05, 0) is 25.7 Å². The average molecular weight is 240 g/mol. The van der Waals surface area contributed by atoms with Crippen molar-refractivity contribution in [3.63, 3.8) is 0 Å². The molecule has 4 heteroatoms. The van der Waals surface area contributed by atoms with Gasteiger partial charge in [-0.25, -0.2) is 4.79 Å². The molecule has 2 aliphatic rings. The fraction of sp³-hybridized carbons (Fsp3) is 0.923. The van der Waals surface area contributed by atoms with Crippen LogP contribution in [0.5, 0.6) is 0 Å². The van der Waals surface area contributed by atoms with Crippen molar-refractivity contribution < 1.29 is 9.53 Å². The van der Waals surface area contributed by atoms with Crippen LogP contribution in [0.3, 0.4) is 0 Å². The van der Waals surface area contributed by atoms with E-state index >= 15 is 0 Å². The molecule has 1 atom stereocenters. The van der Waals surface area contributed by atoms with Crippen LogP contribution in [0.4, 0.5) is 4.79 Å². The van der Waals surface area contributed by atoms with Gasteiger partial charge in [-0.1, -0.05) is 25.7 Å². The summed E-state index contributed by atoms with van der Waals surface area (Å²) < 4.78 is 5.47. The number of amides is 2. The molecule has 2 fully saturated rings. The summed E-state index contributed by atoms with van der Waals surface area (Å²) in [6.07, 6.45) is 9.81. The Morgan fingerprint density at radius 1 is 1.06 bits per heavy atom. The normalized spacial score (nSPS) is 26.5. The van der Waals surface area contributed by atoms with Crippen molar-refractivity contribution in [2.45, 2.75) is 63.5 Å². The Labute approximate surface area is 103 Å². The highest BCUT2D eigenvalue weighted by Crippen LogP contribution is 2.17. The second-order valence-electron chi connectivity index (χ2n) is 5.18. The number of carbonyl (C=O) groups excluding carboxylic acids is 1. The Morgan fingerprint density at radius 3 is 2.47 bits per heavy atom. The molecule has 0 spiro atoms. The number of hydrogen-bond donors (Lipinski definition) is 2. The van der Waals surface area contributed by atoms with Crippen LogP contribution in [-0.2, 0) is 4.74 Å². The number of urea groups is 1. The quantitative estimate of drug-likeness (QED) is 0.743. The maximum Gasteiger partial charge on any atom is 0.315 e. The number of hydrogen-bond acceptors (Lipinski definition) is 2. The van der Waals surface area contributed by atoms with E-state index in [9.17, 15) is 4.79 Å². The lowest BCUT2D eigenvalue weighted by atomic mass is 10.1. The third-order valence-electron chi connectivity index (χ3n) is 3.70. The molecule has 1 aliphatic heterocycles. The molecule has 0 aromatic rings. The number of rotatable bonds is 3. The summed E-state index contributed by atoms with van der Waals surface area (Å²) in [5, 5.41) is 5.99. The Morgan fingerprint density at radius 2 is 1.82 bits per heavy atom. The van der Waals surface area contributed by atoms with Crippen LogP contribution >= 0.6 is 0 Å². The molecule has 2 N–H and O–H groups in total. The summed E-state index contributed by atoms with van der Waals surface area (Å²) in [5.41, 5.74) is 0. The van der Waals surface area contributed by atoms with E-state index in [4.69, 9.17) is 4.74 Å². The standard InChI is InChI=1S/C13H24N2O2/c16-13(14-10-12-8-5-9-17-12)15-11-6-3-1-2-4-7-11/h11-12H,1-10H2,(H2,14,15,16). The first-order valence-electron chi connectivity index (χ1n) is 7.00. The van der Waals surface area contributed by atoms with Gasteiger partial charge < -0.3 is 15.4 Å². The third kappa shape index (κ3) is 4.54. The minimum atomic E-state index is -0.0209. The smallest absolute Gasteiger partial charge is 0.315 e. The van der Waals surface area contributed by atoms with E-state index in [0.717, 1.165) is 32.3 Å². The van der Waals surface area contributed by atoms with Gasteiger partial charge in [-0.2, -0.15) is 0 Å². The highest BCUT2D eigenvalue weighted by molar-refractivity contribution is 5.74. The highest BCUT2D eigenvalue weighted by atomic mass is 16.5. The second-order valence-corrected chi connectivity index (χ2v) is 5.18. The first-order chi connectivity index (χ1) is 8.34. The zero-order valence-corrected chi connectivity index (χ0v) is 10.5. The molecule has 1 saturated carbocycles. The van der Waals surface area contributed by atoms with Crippen LogP contribution in [0.1, 0.15) is 51.4 Å². The zero-order valence-electron chi connectivity index (χ0n) is 10.5. The predicted octanol–water partition coefficient (Wildman–Crippen LogP) is 2.19. The minimum absolute atomic E-state index is 0.0209. The molecule has 1 heterocycles. The maximum atomic E-state index is 11.7. The van der Waals surface area contributed by atoms with Crippen LogP contribution in [0.25, 0.3) is 0 Å². The summed E-state index contributed by atoms with van der Waals surface area (Å²) in [7, 11) is 0. The van der Waals surface area contributed by atoms with Gasteiger partial charge in [-0.15, -0.1) is 0 Å². The summed E-state index contributed by atoms with van der Waals surface area (Å²) >= 11 is 0. The number of nitrogens with one attached hydrogen (secondary N) is 2. The molecule has 1 unspecified atom stereocenters. The van der Waals surface area contributed by atoms with Crippen LogP contribution < -0.4 is 10.6 Å². The molecule has 17 heavy (non-hydrogen) atoms. The SMILES string of the molecule is O=C(NCC1CCCO1)NC1CCCCCC1. The number of ether oxygens (including phenoxy) is 1. The van der Waals surface area contributed by atoms with Crippen molar-refractivity contribution >= 4 is 6.03 Å². The molecule has 0 bridgehead atoms. The molecule has 2 amide bonds. The van der Waals surface area contributed by atoms with Gasteiger partial charge in [0.15, 0.2) is 0 Å². The average Bonchev–Trinajstić information content (AvgIpc) is 2.72. The Hall–Kier alpha value is -0.770. The van der Waals surface area contributed by atoms with Crippen LogP contribution in [-0.4, -0.2) is 31.3 Å². The molecule has 0 aromatic heterocycles. The third-order valence-corrected chi connectivity index (χ3v) is 3.70. The monoisotopic (exact) mass is 240 g/mol. The molecule has 2 rings (SSSR count). The lowest BCUT2D eigenvalue weighted by molar-refractivity contribution is 0.111. The van der Waals surface area contributed by atoms with Gasteiger partial charge in [0.05, 0.1) is 6.10 Å². The van der Waals surface area contributed by atoms with Gasteiger partial charge in [0.2, 0.25) is 0 Å². The van der Waals surface area contributed by atoms with E-state index in [-0.39, 0.29) is 12.1 Å². The van der Waals surface area contributed by atoms with E-state index in [1.807, 2.05) is 0 Å². The molecular formula is C13H24N2O2. The largest absolute Gasteiger partial charge is 0.376 e. The van der Waals surface area contributed by atoms with Crippen molar-refractivity contribution in [2.75, 3.05) is 13.2 Å². The lowest BCUT2D eigenvalue weighted by Crippen LogP contribution is -2.44. The van der Waals surface area contributed by atoms with Gasteiger partial charge in [0, 0.05) is 19.2 Å². The first kappa shape index (κ1) is 12.7. The summed E-state index contributed by atoms with van der Waals surface area (Å²) in [4.78, 5) is 11.7. The molecule has 0 aromatic carbocycles. The van der Waals surface area contributed by atoms with E-state index in [1.165, 1.54) is 25.7 Å². The van der Waals surface area contributed by atoms with E-state index in [0.29, 0.717) is 12.6 Å². The minimum Gasteiger partial charge on any atom is -0.376 e. The van der Waals surface area contributed by atoms with Crippen molar-refractivity contribution in [3.8, 4) is 0 Å². The fourth-order valence-electron chi connectivity index (χ4n) is 2.67. The van der Waals surface area contributed by atoms with Crippen LogP contribution in [0.2, 0.25) is 0 Å². The van der Waals surface area contributed by atoms with Gasteiger partial charge in [0.25, 0.3) is 0 Å². The zero-order chi connectivity index (χ0) is 11.9. The summed E-state index contributed by atoms with van der Waals surface area (Å²) in [6.45, 7) is 1.50. The van der Waals surface area contributed by atoms with Crippen molar-refractivity contribution in [1.29, 1.82) is 0 Å². The fourth-order valence-corrected chi connectivity index (χ4v) is 2.67. The highest BCUT2D eigenvalue weighted by Gasteiger charge is 2.18. The first-order valence-corrected chi connectivity index (χ1v) is 7.00. The number of carbonyl (C=O) groups is 1. The van der Waals surface area contributed by atoms with Crippen molar-refractivity contribution in [2.24, 2.45) is 0 Å². The second kappa shape index (κ2) is 6.84. The summed E-state index contributed by atoms with van der Waals surface area (Å²) in [5.74, 6) is 0. The van der Waals surface area contributed by atoms with E-state index in [1.54, 1.807) is 0 Å². The van der Waals surface area contributed by atoms with Crippen molar-refractivity contribution in [1.82, 2.24) is 10.6 Å². The van der Waals surface area contributed by atoms with Crippen LogP contribution in [0.15, 0.2) is 0 Å². The molecule has 1 saturated heterocycles. The topological polar surface area (TPSA) is 50.4 Å².